The van der Waals surface area contributed by atoms with Gasteiger partial charge in [0.1, 0.15) is 5.75 Å². The highest BCUT2D eigenvalue weighted by Crippen LogP contribution is 2.58. The molecule has 2 aromatic carbocycles. The first kappa shape index (κ1) is 16.8. The maximum atomic E-state index is 13.2. The van der Waals surface area contributed by atoms with E-state index in [1.807, 2.05) is 6.92 Å². The Bertz CT molecular complexity index is 1180. The van der Waals surface area contributed by atoms with Crippen LogP contribution in [0.4, 0.5) is 0 Å². The summed E-state index contributed by atoms with van der Waals surface area (Å²) in [7, 11) is -3.83. The van der Waals surface area contributed by atoms with Gasteiger partial charge in [-0.05, 0) is 43.2 Å². The van der Waals surface area contributed by atoms with Crippen LogP contribution in [0.2, 0.25) is 0 Å². The van der Waals surface area contributed by atoms with Crippen LogP contribution in [-0.4, -0.2) is 39.9 Å². The number of aliphatic hydroxyl groups excluding tert-OH is 2. The van der Waals surface area contributed by atoms with Gasteiger partial charge in [0.2, 0.25) is 0 Å². The molecule has 2 unspecified atom stereocenters. The maximum absolute atomic E-state index is 13.2. The smallest absolute Gasteiger partial charge is 0.268 e. The van der Waals surface area contributed by atoms with Crippen molar-refractivity contribution in [3.8, 4) is 5.75 Å². The summed E-state index contributed by atoms with van der Waals surface area (Å²) in [5, 5.41) is 31.7. The Labute approximate surface area is 156 Å². The molecule has 140 valence electrons. The zero-order chi connectivity index (χ0) is 19.1. The van der Waals surface area contributed by atoms with E-state index in [0.29, 0.717) is 28.5 Å². The number of phenolic OH excluding ortho intramolecular Hbond substituents is 1. The number of benzene rings is 2. The molecule has 2 bridgehead atoms. The monoisotopic (exact) mass is 385 g/mol. The van der Waals surface area contributed by atoms with E-state index < -0.39 is 28.1 Å². The SMILES string of the molecule is Cc1ccc(S(=O)(=O)n2ccc3cc(O)c4c(c32)[C@H]2C[C@@H]4C(O)C2O)cc1. The van der Waals surface area contributed by atoms with Crippen molar-refractivity contribution >= 4 is 20.9 Å². The fraction of sp³-hybridized carbons (Fsp3) is 0.300. The topological polar surface area (TPSA) is 99.8 Å². The largest absolute Gasteiger partial charge is 0.508 e. The Morgan fingerprint density at radius 1 is 1.00 bits per heavy atom. The summed E-state index contributed by atoms with van der Waals surface area (Å²) in [6.07, 6.45) is 0.0787. The Kier molecular flexibility index (Phi) is 3.32. The van der Waals surface area contributed by atoms with Crippen molar-refractivity contribution in [1.29, 1.82) is 0 Å². The van der Waals surface area contributed by atoms with Crippen molar-refractivity contribution in [2.45, 2.75) is 42.3 Å². The summed E-state index contributed by atoms with van der Waals surface area (Å²) in [6.45, 7) is 1.89. The summed E-state index contributed by atoms with van der Waals surface area (Å²) in [5.74, 6) is -0.729. The zero-order valence-corrected chi connectivity index (χ0v) is 15.4. The molecule has 2 aliphatic rings. The molecule has 3 aromatic rings. The van der Waals surface area contributed by atoms with Gasteiger partial charge < -0.3 is 15.3 Å². The van der Waals surface area contributed by atoms with Crippen LogP contribution in [0.25, 0.3) is 10.9 Å². The summed E-state index contributed by atoms with van der Waals surface area (Å²) < 4.78 is 27.7. The lowest BCUT2D eigenvalue weighted by atomic mass is 9.86. The van der Waals surface area contributed by atoms with Crippen molar-refractivity contribution in [3.05, 3.63) is 59.3 Å². The lowest BCUT2D eigenvalue weighted by Crippen LogP contribution is -2.31. The molecule has 1 aromatic heterocycles. The Morgan fingerprint density at radius 3 is 2.30 bits per heavy atom. The van der Waals surface area contributed by atoms with Gasteiger partial charge in [0.05, 0.1) is 22.6 Å². The molecule has 3 N–H and O–H groups in total. The van der Waals surface area contributed by atoms with Crippen molar-refractivity contribution in [3.63, 3.8) is 0 Å². The van der Waals surface area contributed by atoms with E-state index in [1.165, 1.54) is 16.2 Å². The molecule has 1 heterocycles. The molecule has 1 saturated carbocycles. The van der Waals surface area contributed by atoms with Crippen LogP contribution >= 0.6 is 0 Å². The minimum absolute atomic E-state index is 0.0430. The van der Waals surface area contributed by atoms with Gasteiger partial charge in [-0.3, -0.25) is 0 Å². The van der Waals surface area contributed by atoms with Gasteiger partial charge >= 0.3 is 0 Å². The predicted octanol–water partition coefficient (Wildman–Crippen LogP) is 2.20. The molecule has 2 aliphatic carbocycles. The number of hydrogen-bond acceptors (Lipinski definition) is 5. The fourth-order valence-electron chi connectivity index (χ4n) is 4.70. The van der Waals surface area contributed by atoms with Crippen LogP contribution in [-0.2, 0) is 10.0 Å². The highest BCUT2D eigenvalue weighted by atomic mass is 32.2. The average molecular weight is 385 g/mol. The number of aromatic hydroxyl groups is 1. The predicted molar refractivity (Wildman–Crippen MR) is 99.5 cm³/mol. The van der Waals surface area contributed by atoms with Gasteiger partial charge in [0, 0.05) is 29.0 Å². The number of rotatable bonds is 2. The molecule has 0 radical (unpaired) electrons. The van der Waals surface area contributed by atoms with Gasteiger partial charge in [-0.25, -0.2) is 12.4 Å². The van der Waals surface area contributed by atoms with Crippen LogP contribution in [0, 0.1) is 6.92 Å². The maximum Gasteiger partial charge on any atom is 0.268 e. The van der Waals surface area contributed by atoms with Gasteiger partial charge in [0.25, 0.3) is 10.0 Å². The van der Waals surface area contributed by atoms with E-state index in [1.54, 1.807) is 30.3 Å². The number of fused-ring (bicyclic) bond motifs is 7. The number of hydrogen-bond donors (Lipinski definition) is 3. The second-order valence-electron chi connectivity index (χ2n) is 7.52. The fourth-order valence-corrected chi connectivity index (χ4v) is 6.08. The van der Waals surface area contributed by atoms with Crippen LogP contribution in [0.1, 0.15) is 34.9 Å². The molecule has 0 amide bonds. The second kappa shape index (κ2) is 5.34. The normalized spacial score (nSPS) is 26.6. The first-order valence-corrected chi connectivity index (χ1v) is 10.3. The molecule has 0 aliphatic heterocycles. The van der Waals surface area contributed by atoms with Gasteiger partial charge in [-0.2, -0.15) is 0 Å². The molecule has 0 spiro atoms. The van der Waals surface area contributed by atoms with E-state index in [0.717, 1.165) is 5.56 Å². The van der Waals surface area contributed by atoms with E-state index in [-0.39, 0.29) is 16.6 Å². The third-order valence-corrected chi connectivity index (χ3v) is 7.69. The highest BCUT2D eigenvalue weighted by Gasteiger charge is 2.52. The Hall–Kier alpha value is -2.35. The number of aliphatic hydroxyl groups is 2. The third kappa shape index (κ3) is 2.10. The Morgan fingerprint density at radius 2 is 1.63 bits per heavy atom. The minimum atomic E-state index is -3.83. The molecule has 5 rings (SSSR count). The average Bonchev–Trinajstić information content (AvgIpc) is 3.29. The van der Waals surface area contributed by atoms with Gasteiger partial charge in [0.15, 0.2) is 0 Å². The summed E-state index contributed by atoms with van der Waals surface area (Å²) in [5.41, 5.74) is 2.63. The van der Waals surface area contributed by atoms with Gasteiger partial charge in [-0.1, -0.05) is 17.7 Å². The first-order chi connectivity index (χ1) is 12.8. The summed E-state index contributed by atoms with van der Waals surface area (Å²) in [6, 6.07) is 9.82. The van der Waals surface area contributed by atoms with Gasteiger partial charge in [-0.15, -0.1) is 0 Å². The molecule has 4 atom stereocenters. The number of nitrogens with zero attached hydrogens (tertiary/aromatic N) is 1. The zero-order valence-electron chi connectivity index (χ0n) is 14.6. The Balaban J connectivity index is 1.80. The van der Waals surface area contributed by atoms with E-state index in [4.69, 9.17) is 0 Å². The molecule has 6 nitrogen and oxygen atoms in total. The third-order valence-electron chi connectivity index (χ3n) is 6.00. The van der Waals surface area contributed by atoms with Crippen molar-refractivity contribution in [1.82, 2.24) is 3.97 Å². The van der Waals surface area contributed by atoms with Crippen LogP contribution in [0.5, 0.6) is 5.75 Å². The van der Waals surface area contributed by atoms with E-state index in [2.05, 4.69) is 0 Å². The summed E-state index contributed by atoms with van der Waals surface area (Å²) in [4.78, 5) is 0.177. The molecule has 1 fully saturated rings. The van der Waals surface area contributed by atoms with Crippen LogP contribution in [0.3, 0.4) is 0 Å². The molecular weight excluding hydrogens is 366 g/mol. The van der Waals surface area contributed by atoms with E-state index in [9.17, 15) is 23.7 Å². The van der Waals surface area contributed by atoms with E-state index >= 15 is 0 Å². The lowest BCUT2D eigenvalue weighted by molar-refractivity contribution is 0.0215. The van der Waals surface area contributed by atoms with Crippen molar-refractivity contribution in [2.75, 3.05) is 0 Å². The quantitative estimate of drug-likeness (QED) is 0.628. The number of aryl methyl sites for hydroxylation is 1. The lowest BCUT2D eigenvalue weighted by Gasteiger charge is -2.27. The molecule has 0 saturated heterocycles. The highest BCUT2D eigenvalue weighted by molar-refractivity contribution is 7.90. The number of aromatic nitrogens is 1. The van der Waals surface area contributed by atoms with Crippen LogP contribution < -0.4 is 0 Å². The first-order valence-electron chi connectivity index (χ1n) is 8.86. The summed E-state index contributed by atoms with van der Waals surface area (Å²) >= 11 is 0. The van der Waals surface area contributed by atoms with Crippen molar-refractivity contribution in [2.24, 2.45) is 0 Å². The molecule has 27 heavy (non-hydrogen) atoms. The standard InChI is InChI=1S/C20H19NO5S/c1-10-2-4-12(5-3-10)27(25,26)21-7-6-11-8-15(22)16-13-9-14(17(16)18(11)21)20(24)19(13)23/h2-8,13-14,19-20,22-24H,9H2,1H3/t13-,14+,19?,20?/m0/s1. The molecular formula is C20H19NO5S. The second-order valence-corrected chi connectivity index (χ2v) is 9.34. The minimum Gasteiger partial charge on any atom is -0.508 e. The van der Waals surface area contributed by atoms with Crippen LogP contribution in [0.15, 0.2) is 47.5 Å². The molecule has 7 heteroatoms. The van der Waals surface area contributed by atoms with Crippen molar-refractivity contribution < 1.29 is 23.7 Å². The number of phenols is 1.